The van der Waals surface area contributed by atoms with Gasteiger partial charge in [-0.25, -0.2) is 10.8 Å². The first kappa shape index (κ1) is 14.0. The second kappa shape index (κ2) is 5.05. The van der Waals surface area contributed by atoms with Crippen molar-refractivity contribution in [1.82, 2.24) is 4.98 Å². The van der Waals surface area contributed by atoms with Crippen molar-refractivity contribution < 1.29 is 13.2 Å². The SMILES string of the molecule is NNc1nc(Cl)c(Cl)c(SC(F)(F)F)c1Cl. The Morgan fingerprint density at radius 3 is 2.19 bits per heavy atom. The number of nitrogen functional groups attached to an aromatic ring is 1. The summed E-state index contributed by atoms with van der Waals surface area (Å²) in [6.07, 6.45) is 0. The van der Waals surface area contributed by atoms with Crippen LogP contribution in [0.1, 0.15) is 0 Å². The predicted molar refractivity (Wildman–Crippen MR) is 59.0 cm³/mol. The Kier molecular flexibility index (Phi) is 4.42. The summed E-state index contributed by atoms with van der Waals surface area (Å²) in [6, 6.07) is 0. The molecule has 0 saturated carbocycles. The van der Waals surface area contributed by atoms with Crippen molar-refractivity contribution in [1.29, 1.82) is 0 Å². The van der Waals surface area contributed by atoms with Crippen molar-refractivity contribution in [3.05, 3.63) is 15.2 Å². The summed E-state index contributed by atoms with van der Waals surface area (Å²) < 4.78 is 36.6. The number of anilines is 1. The maximum atomic E-state index is 12.2. The number of hydrogen-bond acceptors (Lipinski definition) is 4. The van der Waals surface area contributed by atoms with Gasteiger partial charge in [0.1, 0.15) is 0 Å². The number of hydrazine groups is 1. The molecule has 3 N–H and O–H groups in total. The van der Waals surface area contributed by atoms with Crippen LogP contribution < -0.4 is 11.3 Å². The molecule has 0 radical (unpaired) electrons. The van der Waals surface area contributed by atoms with Gasteiger partial charge in [0.05, 0.1) is 14.9 Å². The van der Waals surface area contributed by atoms with Crippen LogP contribution in [0.25, 0.3) is 0 Å². The van der Waals surface area contributed by atoms with Gasteiger partial charge in [-0.2, -0.15) is 13.2 Å². The van der Waals surface area contributed by atoms with Crippen molar-refractivity contribution in [2.24, 2.45) is 5.84 Å². The summed E-state index contributed by atoms with van der Waals surface area (Å²) >= 11 is 16.2. The van der Waals surface area contributed by atoms with Crippen LogP contribution in [0.4, 0.5) is 19.0 Å². The zero-order chi connectivity index (χ0) is 12.5. The standard InChI is InChI=1S/C6H3Cl3F3N3S/c7-1-3(16-6(10,11)12)2(8)5(15-13)14-4(1)9/h13H2,(H,14,15). The summed E-state index contributed by atoms with van der Waals surface area (Å²) in [5.74, 6) is 4.84. The predicted octanol–water partition coefficient (Wildman–Crippen LogP) is 3.94. The monoisotopic (exact) mass is 311 g/mol. The summed E-state index contributed by atoms with van der Waals surface area (Å²) in [5.41, 5.74) is -2.52. The van der Waals surface area contributed by atoms with Gasteiger partial charge in [-0.15, -0.1) is 0 Å². The first-order valence-corrected chi connectivity index (χ1v) is 5.48. The lowest BCUT2D eigenvalue weighted by Crippen LogP contribution is -2.10. The van der Waals surface area contributed by atoms with Gasteiger partial charge in [-0.3, -0.25) is 0 Å². The van der Waals surface area contributed by atoms with Gasteiger partial charge in [-0.1, -0.05) is 34.8 Å². The second-order valence-corrected chi connectivity index (χ2v) is 4.59. The molecule has 3 nitrogen and oxygen atoms in total. The van der Waals surface area contributed by atoms with Crippen molar-refractivity contribution in [3.8, 4) is 0 Å². The van der Waals surface area contributed by atoms with E-state index in [1.165, 1.54) is 0 Å². The largest absolute Gasteiger partial charge is 0.446 e. The minimum absolute atomic E-state index is 0.178. The summed E-state index contributed by atoms with van der Waals surface area (Å²) in [7, 11) is 0. The van der Waals surface area contributed by atoms with Crippen LogP contribution in [0.5, 0.6) is 0 Å². The molecule has 0 aliphatic heterocycles. The van der Waals surface area contributed by atoms with Crippen molar-refractivity contribution in [3.63, 3.8) is 0 Å². The number of hydrogen-bond donors (Lipinski definition) is 2. The number of thioether (sulfide) groups is 1. The van der Waals surface area contributed by atoms with E-state index in [4.69, 9.17) is 40.6 Å². The lowest BCUT2D eigenvalue weighted by molar-refractivity contribution is -0.0328. The van der Waals surface area contributed by atoms with E-state index >= 15 is 0 Å². The molecule has 1 rings (SSSR count). The number of nitrogens with two attached hydrogens (primary N) is 1. The average molecular weight is 313 g/mol. The van der Waals surface area contributed by atoms with Crippen LogP contribution in [0.3, 0.4) is 0 Å². The quantitative estimate of drug-likeness (QED) is 0.376. The topological polar surface area (TPSA) is 50.9 Å². The third-order valence-electron chi connectivity index (χ3n) is 1.35. The minimum Gasteiger partial charge on any atom is -0.307 e. The molecule has 1 aromatic heterocycles. The highest BCUT2D eigenvalue weighted by Gasteiger charge is 2.33. The van der Waals surface area contributed by atoms with Gasteiger partial charge >= 0.3 is 5.51 Å². The van der Waals surface area contributed by atoms with E-state index in [1.54, 1.807) is 0 Å². The Morgan fingerprint density at radius 1 is 1.19 bits per heavy atom. The van der Waals surface area contributed by atoms with E-state index in [1.807, 2.05) is 5.43 Å². The molecule has 10 heteroatoms. The molecule has 16 heavy (non-hydrogen) atoms. The van der Waals surface area contributed by atoms with E-state index in [2.05, 4.69) is 4.98 Å². The Morgan fingerprint density at radius 2 is 1.75 bits per heavy atom. The Bertz CT molecular complexity index is 412. The summed E-state index contributed by atoms with van der Waals surface area (Å²) in [4.78, 5) is 3.13. The third kappa shape index (κ3) is 3.21. The first-order chi connectivity index (χ1) is 7.26. The van der Waals surface area contributed by atoms with Crippen molar-refractivity contribution in [2.75, 3.05) is 5.43 Å². The van der Waals surface area contributed by atoms with Crippen molar-refractivity contribution >= 4 is 52.4 Å². The summed E-state index contributed by atoms with van der Waals surface area (Å²) in [5, 5.41) is -1.02. The van der Waals surface area contributed by atoms with Gasteiger partial charge in [0, 0.05) is 0 Å². The molecule has 90 valence electrons. The maximum Gasteiger partial charge on any atom is 0.446 e. The summed E-state index contributed by atoms with van der Waals surface area (Å²) in [6.45, 7) is 0. The molecule has 0 amide bonds. The molecule has 0 saturated heterocycles. The number of nitrogens with one attached hydrogen (secondary N) is 1. The highest BCUT2D eigenvalue weighted by molar-refractivity contribution is 8.00. The Labute approximate surface area is 107 Å². The lowest BCUT2D eigenvalue weighted by atomic mass is 10.4. The van der Waals surface area contributed by atoms with Crippen LogP contribution in [0.2, 0.25) is 15.2 Å². The molecule has 0 atom stereocenters. The van der Waals surface area contributed by atoms with Gasteiger partial charge in [0.15, 0.2) is 11.0 Å². The normalized spacial score (nSPS) is 11.7. The number of halogens is 6. The van der Waals surface area contributed by atoms with Crippen LogP contribution in [-0.4, -0.2) is 10.5 Å². The third-order valence-corrected chi connectivity index (χ3v) is 3.53. The molecular weight excluding hydrogens is 310 g/mol. The average Bonchev–Trinajstić information content (AvgIpc) is 2.17. The fourth-order valence-electron chi connectivity index (χ4n) is 0.795. The molecule has 0 aromatic carbocycles. The zero-order valence-corrected chi connectivity index (χ0v) is 10.3. The van der Waals surface area contributed by atoms with Gasteiger partial charge in [-0.05, 0) is 11.8 Å². The van der Waals surface area contributed by atoms with Crippen molar-refractivity contribution in [2.45, 2.75) is 10.4 Å². The molecule has 0 fully saturated rings. The molecule has 1 heterocycles. The zero-order valence-electron chi connectivity index (χ0n) is 7.20. The number of rotatable bonds is 2. The highest BCUT2D eigenvalue weighted by atomic mass is 35.5. The minimum atomic E-state index is -4.54. The number of pyridine rings is 1. The molecule has 0 aliphatic carbocycles. The van der Waals surface area contributed by atoms with Gasteiger partial charge in [0.2, 0.25) is 0 Å². The van der Waals surface area contributed by atoms with E-state index in [0.29, 0.717) is 0 Å². The van der Waals surface area contributed by atoms with Crippen LogP contribution in [0, 0.1) is 0 Å². The molecule has 0 spiro atoms. The molecule has 0 aliphatic rings. The van der Waals surface area contributed by atoms with Gasteiger partial charge < -0.3 is 5.43 Å². The molecule has 0 bridgehead atoms. The van der Waals surface area contributed by atoms with Crippen LogP contribution >= 0.6 is 46.6 Å². The molecule has 1 aromatic rings. The highest BCUT2D eigenvalue weighted by Crippen LogP contribution is 2.47. The fraction of sp³-hybridized carbons (Fsp3) is 0.167. The van der Waals surface area contributed by atoms with Crippen LogP contribution in [-0.2, 0) is 0 Å². The van der Waals surface area contributed by atoms with E-state index < -0.39 is 22.2 Å². The number of nitrogens with zero attached hydrogens (tertiary/aromatic N) is 1. The van der Waals surface area contributed by atoms with Crippen LogP contribution in [0.15, 0.2) is 4.90 Å². The smallest absolute Gasteiger partial charge is 0.307 e. The molecular formula is C6H3Cl3F3N3S. The fourth-order valence-corrected chi connectivity index (χ4v) is 2.24. The first-order valence-electron chi connectivity index (χ1n) is 3.53. The number of aromatic nitrogens is 1. The number of alkyl halides is 3. The maximum absolute atomic E-state index is 12.2. The van der Waals surface area contributed by atoms with E-state index in [0.717, 1.165) is 0 Å². The van der Waals surface area contributed by atoms with E-state index in [9.17, 15) is 13.2 Å². The second-order valence-electron chi connectivity index (χ2n) is 2.40. The van der Waals surface area contributed by atoms with Gasteiger partial charge in [0.25, 0.3) is 0 Å². The van der Waals surface area contributed by atoms with E-state index in [-0.39, 0.29) is 21.0 Å². The molecule has 0 unspecified atom stereocenters. The Hall–Kier alpha value is -0.0800. The lowest BCUT2D eigenvalue weighted by Gasteiger charge is -2.12. The Balaban J connectivity index is 3.30.